The Labute approximate surface area is 95.6 Å². The standard InChI is InChI=1S/C10H12F2N2O3/c1-2-17-7(16)4-5-3-6(15)14-9(8(5)13)10(11)12/h3,10H,2,4,13H2,1H3,(H,14,15). The van der Waals surface area contributed by atoms with E-state index in [1.54, 1.807) is 6.92 Å². The zero-order valence-corrected chi connectivity index (χ0v) is 9.13. The molecule has 0 aliphatic carbocycles. The number of halogens is 2. The molecule has 0 bridgehead atoms. The highest BCUT2D eigenvalue weighted by Crippen LogP contribution is 2.24. The molecule has 1 aromatic heterocycles. The number of pyridine rings is 1. The van der Waals surface area contributed by atoms with Gasteiger partial charge in [0.2, 0.25) is 5.56 Å². The van der Waals surface area contributed by atoms with Gasteiger partial charge in [0.15, 0.2) is 0 Å². The second kappa shape index (κ2) is 5.42. The van der Waals surface area contributed by atoms with E-state index in [2.05, 4.69) is 4.74 Å². The van der Waals surface area contributed by atoms with Gasteiger partial charge in [0, 0.05) is 6.07 Å². The van der Waals surface area contributed by atoms with Crippen LogP contribution in [0.5, 0.6) is 0 Å². The summed E-state index contributed by atoms with van der Waals surface area (Å²) in [4.78, 5) is 24.2. The van der Waals surface area contributed by atoms with Crippen LogP contribution in [0, 0.1) is 0 Å². The summed E-state index contributed by atoms with van der Waals surface area (Å²) in [6, 6.07) is 1.01. The number of anilines is 1. The molecule has 1 heterocycles. The van der Waals surface area contributed by atoms with E-state index in [-0.39, 0.29) is 24.3 Å². The smallest absolute Gasteiger partial charge is 0.310 e. The number of aromatic amines is 1. The van der Waals surface area contributed by atoms with E-state index in [1.165, 1.54) is 0 Å². The molecular formula is C10H12F2N2O3. The van der Waals surface area contributed by atoms with Crippen LogP contribution in [0.1, 0.15) is 24.6 Å². The van der Waals surface area contributed by atoms with E-state index in [0.717, 1.165) is 6.07 Å². The van der Waals surface area contributed by atoms with Crippen molar-refractivity contribution in [2.75, 3.05) is 12.3 Å². The number of nitrogen functional groups attached to an aromatic ring is 1. The molecule has 0 unspecified atom stereocenters. The Bertz CT molecular complexity index is 471. The number of aromatic nitrogens is 1. The summed E-state index contributed by atoms with van der Waals surface area (Å²) in [5.41, 5.74) is 3.80. The third-order valence-electron chi connectivity index (χ3n) is 2.06. The highest BCUT2D eigenvalue weighted by atomic mass is 19.3. The molecule has 3 N–H and O–H groups in total. The van der Waals surface area contributed by atoms with E-state index < -0.39 is 23.6 Å². The highest BCUT2D eigenvalue weighted by molar-refractivity contribution is 5.75. The normalized spacial score (nSPS) is 10.6. The number of esters is 1. The van der Waals surface area contributed by atoms with Crippen molar-refractivity contribution >= 4 is 11.7 Å². The maximum absolute atomic E-state index is 12.5. The van der Waals surface area contributed by atoms with Gasteiger partial charge in [0.25, 0.3) is 6.43 Å². The Morgan fingerprint density at radius 3 is 2.76 bits per heavy atom. The number of rotatable bonds is 4. The van der Waals surface area contributed by atoms with Crippen molar-refractivity contribution in [1.82, 2.24) is 4.98 Å². The van der Waals surface area contributed by atoms with E-state index in [4.69, 9.17) is 5.73 Å². The van der Waals surface area contributed by atoms with Crippen LogP contribution in [-0.2, 0) is 16.0 Å². The van der Waals surface area contributed by atoms with Crippen molar-refractivity contribution in [2.24, 2.45) is 0 Å². The molecule has 0 spiro atoms. The SMILES string of the molecule is CCOC(=O)Cc1cc(=O)[nH]c(C(F)F)c1N. The molecule has 17 heavy (non-hydrogen) atoms. The fraction of sp³-hybridized carbons (Fsp3) is 0.400. The third kappa shape index (κ3) is 3.27. The minimum Gasteiger partial charge on any atom is -0.466 e. The summed E-state index contributed by atoms with van der Waals surface area (Å²) >= 11 is 0. The molecule has 0 aliphatic rings. The van der Waals surface area contributed by atoms with Crippen molar-refractivity contribution in [2.45, 2.75) is 19.8 Å². The van der Waals surface area contributed by atoms with Crippen LogP contribution in [0.2, 0.25) is 0 Å². The average molecular weight is 246 g/mol. The predicted octanol–water partition coefficient (Wildman–Crippen LogP) is 1.00. The fourth-order valence-electron chi connectivity index (χ4n) is 1.33. The van der Waals surface area contributed by atoms with Gasteiger partial charge in [-0.3, -0.25) is 9.59 Å². The summed E-state index contributed by atoms with van der Waals surface area (Å²) in [5, 5.41) is 0. The van der Waals surface area contributed by atoms with E-state index in [9.17, 15) is 18.4 Å². The van der Waals surface area contributed by atoms with E-state index in [1.807, 2.05) is 4.98 Å². The Kier molecular flexibility index (Phi) is 4.19. The van der Waals surface area contributed by atoms with Crippen LogP contribution < -0.4 is 11.3 Å². The van der Waals surface area contributed by atoms with E-state index in [0.29, 0.717) is 0 Å². The maximum atomic E-state index is 12.5. The molecule has 5 nitrogen and oxygen atoms in total. The van der Waals surface area contributed by atoms with Crippen LogP contribution >= 0.6 is 0 Å². The predicted molar refractivity (Wildman–Crippen MR) is 56.8 cm³/mol. The number of nitrogens with two attached hydrogens (primary N) is 1. The van der Waals surface area contributed by atoms with Crippen molar-refractivity contribution in [1.29, 1.82) is 0 Å². The fourth-order valence-corrected chi connectivity index (χ4v) is 1.33. The molecule has 94 valence electrons. The number of ether oxygens (including phenoxy) is 1. The van der Waals surface area contributed by atoms with Crippen molar-refractivity contribution < 1.29 is 18.3 Å². The Morgan fingerprint density at radius 2 is 2.24 bits per heavy atom. The number of hydrogen-bond donors (Lipinski definition) is 2. The van der Waals surface area contributed by atoms with Crippen molar-refractivity contribution in [3.05, 3.63) is 27.7 Å². The lowest BCUT2D eigenvalue weighted by atomic mass is 10.1. The zero-order valence-electron chi connectivity index (χ0n) is 9.13. The first-order valence-corrected chi connectivity index (χ1v) is 4.91. The first kappa shape index (κ1) is 13.1. The molecular weight excluding hydrogens is 234 g/mol. The number of carbonyl (C=O) groups excluding carboxylic acids is 1. The number of H-pyrrole nitrogens is 1. The van der Waals surface area contributed by atoms with E-state index >= 15 is 0 Å². The summed E-state index contributed by atoms with van der Waals surface area (Å²) in [5.74, 6) is -0.620. The summed E-state index contributed by atoms with van der Waals surface area (Å²) in [7, 11) is 0. The van der Waals surface area contributed by atoms with Gasteiger partial charge in [-0.05, 0) is 12.5 Å². The zero-order chi connectivity index (χ0) is 13.0. The van der Waals surface area contributed by atoms with Crippen molar-refractivity contribution in [3.63, 3.8) is 0 Å². The molecule has 0 aliphatic heterocycles. The first-order valence-electron chi connectivity index (χ1n) is 4.91. The largest absolute Gasteiger partial charge is 0.466 e. The average Bonchev–Trinajstić information content (AvgIpc) is 2.22. The second-order valence-corrected chi connectivity index (χ2v) is 3.27. The molecule has 0 saturated heterocycles. The second-order valence-electron chi connectivity index (χ2n) is 3.27. The van der Waals surface area contributed by atoms with Crippen LogP contribution in [0.25, 0.3) is 0 Å². The lowest BCUT2D eigenvalue weighted by molar-refractivity contribution is -0.142. The minimum absolute atomic E-state index is 0.0440. The Morgan fingerprint density at radius 1 is 1.59 bits per heavy atom. The molecule has 0 aromatic carbocycles. The maximum Gasteiger partial charge on any atom is 0.310 e. The molecule has 1 rings (SSSR count). The monoisotopic (exact) mass is 246 g/mol. The van der Waals surface area contributed by atoms with Gasteiger partial charge in [-0.15, -0.1) is 0 Å². The molecule has 7 heteroatoms. The first-order chi connectivity index (χ1) is 7.95. The topological polar surface area (TPSA) is 85.2 Å². The van der Waals surface area contributed by atoms with Gasteiger partial charge in [-0.1, -0.05) is 0 Å². The van der Waals surface area contributed by atoms with Gasteiger partial charge in [0.05, 0.1) is 18.7 Å². The molecule has 0 saturated carbocycles. The van der Waals surface area contributed by atoms with Gasteiger partial charge in [0.1, 0.15) is 5.69 Å². The highest BCUT2D eigenvalue weighted by Gasteiger charge is 2.17. The molecule has 0 atom stereocenters. The molecule has 0 fully saturated rings. The van der Waals surface area contributed by atoms with Gasteiger partial charge >= 0.3 is 5.97 Å². The summed E-state index contributed by atoms with van der Waals surface area (Å²) < 4.78 is 29.7. The van der Waals surface area contributed by atoms with Crippen LogP contribution in [0.3, 0.4) is 0 Å². The quantitative estimate of drug-likeness (QED) is 0.776. The van der Waals surface area contributed by atoms with Gasteiger partial charge in [-0.2, -0.15) is 0 Å². The van der Waals surface area contributed by atoms with Crippen LogP contribution in [-0.4, -0.2) is 17.6 Å². The minimum atomic E-state index is -2.90. The number of nitrogens with one attached hydrogen (secondary N) is 1. The number of hydrogen-bond acceptors (Lipinski definition) is 4. The van der Waals surface area contributed by atoms with Gasteiger partial charge < -0.3 is 15.5 Å². The lowest BCUT2D eigenvalue weighted by Gasteiger charge is -2.09. The number of carbonyl (C=O) groups is 1. The Balaban J connectivity index is 3.08. The Hall–Kier alpha value is -1.92. The van der Waals surface area contributed by atoms with Crippen LogP contribution in [0.4, 0.5) is 14.5 Å². The van der Waals surface area contributed by atoms with Gasteiger partial charge in [-0.25, -0.2) is 8.78 Å². The third-order valence-corrected chi connectivity index (χ3v) is 2.06. The summed E-state index contributed by atoms with van der Waals surface area (Å²) in [6.45, 7) is 1.78. The molecule has 0 radical (unpaired) electrons. The van der Waals surface area contributed by atoms with Crippen LogP contribution in [0.15, 0.2) is 10.9 Å². The molecule has 1 aromatic rings. The lowest BCUT2D eigenvalue weighted by Crippen LogP contribution is -2.17. The summed E-state index contributed by atoms with van der Waals surface area (Å²) in [6.07, 6.45) is -3.20. The molecule has 0 amide bonds. The van der Waals surface area contributed by atoms with Crippen molar-refractivity contribution in [3.8, 4) is 0 Å². The number of alkyl halides is 2.